The fourth-order valence-corrected chi connectivity index (χ4v) is 5.67. The largest absolute Gasteiger partial charge is 0.343 e. The number of halogens is 2. The molecule has 3 aromatic rings. The molecule has 32 heavy (non-hydrogen) atoms. The van der Waals surface area contributed by atoms with Crippen LogP contribution in [0.15, 0.2) is 74.2 Å². The molecule has 162 valence electrons. The van der Waals surface area contributed by atoms with Gasteiger partial charge in [0.25, 0.3) is 5.56 Å². The minimum absolute atomic E-state index is 0.0916. The first-order valence-electron chi connectivity index (χ1n) is 10.3. The van der Waals surface area contributed by atoms with Gasteiger partial charge in [-0.1, -0.05) is 69.6 Å². The van der Waals surface area contributed by atoms with Crippen LogP contribution in [0.25, 0.3) is 0 Å². The second-order valence-electron chi connectivity index (χ2n) is 7.79. The number of ketones is 1. The van der Waals surface area contributed by atoms with Gasteiger partial charge in [0.15, 0.2) is 10.9 Å². The molecule has 0 bridgehead atoms. The van der Waals surface area contributed by atoms with Crippen LogP contribution in [-0.2, 0) is 10.5 Å². The third kappa shape index (κ3) is 4.05. The summed E-state index contributed by atoms with van der Waals surface area (Å²) < 4.78 is 0.943. The topological polar surface area (TPSA) is 74.8 Å². The molecule has 0 radical (unpaired) electrons. The number of benzene rings is 2. The van der Waals surface area contributed by atoms with Gasteiger partial charge >= 0.3 is 0 Å². The fourth-order valence-electron chi connectivity index (χ4n) is 4.26. The zero-order chi connectivity index (χ0) is 22.2. The van der Waals surface area contributed by atoms with E-state index in [-0.39, 0.29) is 11.3 Å². The van der Waals surface area contributed by atoms with Crippen molar-refractivity contribution >= 4 is 50.9 Å². The van der Waals surface area contributed by atoms with Gasteiger partial charge in [0.1, 0.15) is 5.82 Å². The van der Waals surface area contributed by atoms with Crippen molar-refractivity contribution in [3.8, 4) is 0 Å². The van der Waals surface area contributed by atoms with Crippen LogP contribution in [-0.4, -0.2) is 15.8 Å². The highest BCUT2D eigenvalue weighted by atomic mass is 79.9. The molecule has 2 aromatic carbocycles. The smallest absolute Gasteiger partial charge is 0.257 e. The average Bonchev–Trinajstić information content (AvgIpc) is 2.78. The molecule has 1 aromatic heterocycles. The summed E-state index contributed by atoms with van der Waals surface area (Å²) in [6.45, 7) is 0. The van der Waals surface area contributed by atoms with Crippen LogP contribution in [0.5, 0.6) is 0 Å². The lowest BCUT2D eigenvalue weighted by Gasteiger charge is -2.32. The number of Topliss-reactive ketones (excluding diaryl/α,β-unsaturated/α-hetero) is 1. The molecule has 1 atom stereocenters. The summed E-state index contributed by atoms with van der Waals surface area (Å²) in [4.78, 5) is 33.8. The van der Waals surface area contributed by atoms with Gasteiger partial charge in [-0.25, -0.2) is 4.98 Å². The Kier molecular flexibility index (Phi) is 5.97. The maximum atomic E-state index is 13.3. The van der Waals surface area contributed by atoms with Crippen LogP contribution in [0.3, 0.4) is 0 Å². The van der Waals surface area contributed by atoms with Crippen LogP contribution in [0.4, 0.5) is 5.82 Å². The molecule has 1 aliphatic heterocycles. The standard InChI is InChI=1S/C24H19BrClN3O2S/c25-15-10-8-13(9-11-15)19-20-17(6-3-7-18(20)30)27-22-21(19)23(31)29-24(28-22)32-12-14-4-1-2-5-16(14)26/h1-2,4-5,8-11,19H,3,6-7,12H2,(H2,27,28,29,31). The molecular weight excluding hydrogens is 510 g/mol. The Morgan fingerprint density at radius 2 is 1.88 bits per heavy atom. The van der Waals surface area contributed by atoms with Crippen molar-refractivity contribution in [1.29, 1.82) is 0 Å². The Labute approximate surface area is 202 Å². The van der Waals surface area contributed by atoms with E-state index in [9.17, 15) is 9.59 Å². The van der Waals surface area contributed by atoms with Crippen LogP contribution in [0.1, 0.15) is 41.9 Å². The summed E-state index contributed by atoms with van der Waals surface area (Å²) >= 11 is 11.2. The van der Waals surface area contributed by atoms with E-state index in [1.165, 1.54) is 11.8 Å². The zero-order valence-electron chi connectivity index (χ0n) is 17.0. The Morgan fingerprint density at radius 1 is 1.09 bits per heavy atom. The lowest BCUT2D eigenvalue weighted by molar-refractivity contribution is -0.116. The molecule has 0 saturated carbocycles. The first kappa shape index (κ1) is 21.5. The van der Waals surface area contributed by atoms with Crippen molar-refractivity contribution < 1.29 is 4.79 Å². The second kappa shape index (κ2) is 8.89. The van der Waals surface area contributed by atoms with Crippen LogP contribution in [0, 0.1) is 0 Å². The lowest BCUT2D eigenvalue weighted by atomic mass is 9.76. The number of fused-ring (bicyclic) bond motifs is 1. The Hall–Kier alpha value is -2.35. The molecule has 1 unspecified atom stereocenters. The zero-order valence-corrected chi connectivity index (χ0v) is 20.1. The molecule has 0 fully saturated rings. The first-order chi connectivity index (χ1) is 15.5. The van der Waals surface area contributed by atoms with Crippen molar-refractivity contribution in [2.45, 2.75) is 36.1 Å². The highest BCUT2D eigenvalue weighted by Gasteiger charge is 2.37. The predicted molar refractivity (Wildman–Crippen MR) is 131 cm³/mol. The van der Waals surface area contributed by atoms with E-state index >= 15 is 0 Å². The molecule has 2 aliphatic rings. The van der Waals surface area contributed by atoms with Gasteiger partial charge in [0, 0.05) is 38.9 Å². The van der Waals surface area contributed by atoms with Crippen molar-refractivity contribution in [2.75, 3.05) is 5.32 Å². The second-order valence-corrected chi connectivity index (χ2v) is 10.1. The van der Waals surface area contributed by atoms with Crippen molar-refractivity contribution in [3.63, 3.8) is 0 Å². The van der Waals surface area contributed by atoms with Gasteiger partial charge < -0.3 is 10.3 Å². The summed E-state index contributed by atoms with van der Waals surface area (Å²) in [6.07, 6.45) is 2.06. The number of rotatable bonds is 4. The van der Waals surface area contributed by atoms with Crippen LogP contribution in [0.2, 0.25) is 5.02 Å². The monoisotopic (exact) mass is 527 g/mol. The number of aromatic nitrogens is 2. The molecule has 1 aliphatic carbocycles. The van der Waals surface area contributed by atoms with E-state index in [1.54, 1.807) is 0 Å². The molecule has 0 spiro atoms. The molecule has 0 amide bonds. The van der Waals surface area contributed by atoms with Crippen molar-refractivity contribution in [1.82, 2.24) is 9.97 Å². The molecule has 8 heteroatoms. The van der Waals surface area contributed by atoms with E-state index in [0.717, 1.165) is 34.1 Å². The van der Waals surface area contributed by atoms with Gasteiger partial charge in [-0.2, -0.15) is 0 Å². The first-order valence-corrected chi connectivity index (χ1v) is 12.5. The molecule has 5 rings (SSSR count). The van der Waals surface area contributed by atoms with Crippen molar-refractivity contribution in [3.05, 3.63) is 96.3 Å². The normalized spacial score (nSPS) is 17.6. The van der Waals surface area contributed by atoms with Gasteiger partial charge in [0.05, 0.1) is 5.56 Å². The SMILES string of the molecule is O=C1CCCC2=C1C(c1ccc(Br)cc1)c1c(nc(SCc3ccccc3Cl)[nH]c1=O)N2. The molecule has 0 saturated heterocycles. The summed E-state index contributed by atoms with van der Waals surface area (Å²) in [7, 11) is 0. The summed E-state index contributed by atoms with van der Waals surface area (Å²) in [5, 5.41) is 4.51. The van der Waals surface area contributed by atoms with Gasteiger partial charge in [-0.05, 0) is 42.2 Å². The maximum absolute atomic E-state index is 13.3. The highest BCUT2D eigenvalue weighted by Crippen LogP contribution is 2.43. The van der Waals surface area contributed by atoms with Crippen LogP contribution < -0.4 is 10.9 Å². The number of allylic oxidation sites excluding steroid dienone is 2. The van der Waals surface area contributed by atoms with Gasteiger partial charge in [-0.3, -0.25) is 9.59 Å². The summed E-state index contributed by atoms with van der Waals surface area (Å²) in [5.41, 5.74) is 3.70. The van der Waals surface area contributed by atoms with E-state index in [2.05, 4.69) is 26.2 Å². The van der Waals surface area contributed by atoms with Gasteiger partial charge in [0.2, 0.25) is 0 Å². The highest BCUT2D eigenvalue weighted by molar-refractivity contribution is 9.10. The van der Waals surface area contributed by atoms with E-state index in [4.69, 9.17) is 16.6 Å². The molecule has 2 heterocycles. The van der Waals surface area contributed by atoms with E-state index < -0.39 is 5.92 Å². The number of hydrogen-bond donors (Lipinski definition) is 2. The maximum Gasteiger partial charge on any atom is 0.257 e. The number of hydrogen-bond acceptors (Lipinski definition) is 5. The number of anilines is 1. The number of carbonyl (C=O) groups excluding carboxylic acids is 1. The minimum atomic E-state index is -0.430. The van der Waals surface area contributed by atoms with E-state index in [1.807, 2.05) is 48.5 Å². The number of thioether (sulfide) groups is 1. The van der Waals surface area contributed by atoms with Gasteiger partial charge in [-0.15, -0.1) is 0 Å². The van der Waals surface area contributed by atoms with Crippen LogP contribution >= 0.6 is 39.3 Å². The predicted octanol–water partition coefficient (Wildman–Crippen LogP) is 6.04. The number of H-pyrrole nitrogens is 1. The Bertz CT molecular complexity index is 1300. The number of nitrogens with one attached hydrogen (secondary N) is 2. The molecule has 2 N–H and O–H groups in total. The molecular formula is C24H19BrClN3O2S. The average molecular weight is 529 g/mol. The third-order valence-corrected chi connectivity index (χ3v) is 7.58. The number of nitrogens with zero attached hydrogens (tertiary/aromatic N) is 1. The Morgan fingerprint density at radius 3 is 2.66 bits per heavy atom. The van der Waals surface area contributed by atoms with E-state index in [0.29, 0.717) is 39.3 Å². The number of carbonyl (C=O) groups is 1. The third-order valence-electron chi connectivity index (χ3n) is 5.76. The summed E-state index contributed by atoms with van der Waals surface area (Å²) in [5.74, 6) is 0.774. The molecule has 5 nitrogen and oxygen atoms in total. The Balaban J connectivity index is 1.56. The number of aromatic amines is 1. The fraction of sp³-hybridized carbons (Fsp3) is 0.208. The quantitative estimate of drug-likeness (QED) is 0.319. The minimum Gasteiger partial charge on any atom is -0.343 e. The summed E-state index contributed by atoms with van der Waals surface area (Å²) in [6, 6.07) is 15.4. The lowest BCUT2D eigenvalue weighted by Crippen LogP contribution is -2.32. The van der Waals surface area contributed by atoms with Crippen molar-refractivity contribution in [2.24, 2.45) is 0 Å².